The number of fused-ring (bicyclic) bond motifs is 1. The van der Waals surface area contributed by atoms with E-state index in [-0.39, 0.29) is 5.91 Å². The van der Waals surface area contributed by atoms with E-state index in [9.17, 15) is 4.79 Å². The van der Waals surface area contributed by atoms with Crippen molar-refractivity contribution in [3.05, 3.63) is 60.0 Å². The topological polar surface area (TPSA) is 80.9 Å². The van der Waals surface area contributed by atoms with Crippen molar-refractivity contribution in [1.82, 2.24) is 9.97 Å². The van der Waals surface area contributed by atoms with Gasteiger partial charge in [-0.3, -0.25) is 9.78 Å². The van der Waals surface area contributed by atoms with Crippen LogP contribution in [0, 0.1) is 6.92 Å². The first kappa shape index (κ1) is 13.1. The Morgan fingerprint density at radius 1 is 1.19 bits per heavy atom. The van der Waals surface area contributed by atoms with Crippen LogP contribution in [0.2, 0.25) is 0 Å². The quantitative estimate of drug-likeness (QED) is 0.755. The standard InChI is InChI=1S/C16H14N4O/c1-10-8-14(19-9-13(10)17)20-16(21)15-12-5-3-2-4-11(12)6-7-18-15/h2-9H,17H2,1H3,(H,19,20,21). The van der Waals surface area contributed by atoms with E-state index in [0.29, 0.717) is 17.2 Å². The van der Waals surface area contributed by atoms with Crippen molar-refractivity contribution in [3.63, 3.8) is 0 Å². The molecular weight excluding hydrogens is 264 g/mol. The summed E-state index contributed by atoms with van der Waals surface area (Å²) in [5.41, 5.74) is 7.56. The van der Waals surface area contributed by atoms with Gasteiger partial charge in [0.05, 0.1) is 11.9 Å². The fourth-order valence-corrected chi connectivity index (χ4v) is 2.11. The summed E-state index contributed by atoms with van der Waals surface area (Å²) in [6, 6.07) is 11.2. The molecule has 3 rings (SSSR count). The second-order valence-electron chi connectivity index (χ2n) is 4.76. The van der Waals surface area contributed by atoms with Gasteiger partial charge in [0, 0.05) is 11.6 Å². The maximum absolute atomic E-state index is 12.4. The number of pyridine rings is 2. The summed E-state index contributed by atoms with van der Waals surface area (Å²) >= 11 is 0. The van der Waals surface area contributed by atoms with Crippen LogP contribution in [0.5, 0.6) is 0 Å². The smallest absolute Gasteiger partial charge is 0.276 e. The number of nitrogen functional groups attached to an aromatic ring is 1. The number of anilines is 2. The molecule has 0 bridgehead atoms. The van der Waals surface area contributed by atoms with Crippen LogP contribution >= 0.6 is 0 Å². The fraction of sp³-hybridized carbons (Fsp3) is 0.0625. The zero-order valence-corrected chi connectivity index (χ0v) is 11.5. The molecule has 5 nitrogen and oxygen atoms in total. The maximum atomic E-state index is 12.4. The predicted molar refractivity (Wildman–Crippen MR) is 83.1 cm³/mol. The molecule has 0 aliphatic heterocycles. The van der Waals surface area contributed by atoms with Gasteiger partial charge in [0.15, 0.2) is 0 Å². The maximum Gasteiger partial charge on any atom is 0.276 e. The van der Waals surface area contributed by atoms with Gasteiger partial charge in [-0.05, 0) is 30.0 Å². The number of hydrogen-bond acceptors (Lipinski definition) is 4. The highest BCUT2D eigenvalue weighted by molar-refractivity contribution is 6.11. The van der Waals surface area contributed by atoms with Crippen LogP contribution in [-0.2, 0) is 0 Å². The molecule has 0 atom stereocenters. The van der Waals surface area contributed by atoms with Gasteiger partial charge in [-0.1, -0.05) is 24.3 Å². The zero-order chi connectivity index (χ0) is 14.8. The molecule has 2 heterocycles. The zero-order valence-electron chi connectivity index (χ0n) is 11.5. The van der Waals surface area contributed by atoms with Crippen molar-refractivity contribution in [3.8, 4) is 0 Å². The Balaban J connectivity index is 1.95. The van der Waals surface area contributed by atoms with Crippen molar-refractivity contribution < 1.29 is 4.79 Å². The minimum atomic E-state index is -0.288. The van der Waals surface area contributed by atoms with Gasteiger partial charge in [0.1, 0.15) is 11.5 Å². The molecule has 3 N–H and O–H groups in total. The predicted octanol–water partition coefficient (Wildman–Crippen LogP) is 2.77. The van der Waals surface area contributed by atoms with Crippen LogP contribution in [0.15, 0.2) is 48.8 Å². The van der Waals surface area contributed by atoms with E-state index >= 15 is 0 Å². The molecule has 0 unspecified atom stereocenters. The highest BCUT2D eigenvalue weighted by atomic mass is 16.1. The van der Waals surface area contributed by atoms with Gasteiger partial charge in [0.25, 0.3) is 5.91 Å². The minimum absolute atomic E-state index is 0.288. The van der Waals surface area contributed by atoms with E-state index in [1.54, 1.807) is 12.3 Å². The number of nitrogens with zero attached hydrogens (tertiary/aromatic N) is 2. The molecule has 0 aliphatic rings. The van der Waals surface area contributed by atoms with E-state index in [0.717, 1.165) is 16.3 Å². The average molecular weight is 278 g/mol. The Hall–Kier alpha value is -2.95. The molecule has 1 amide bonds. The molecule has 21 heavy (non-hydrogen) atoms. The summed E-state index contributed by atoms with van der Waals surface area (Å²) in [7, 11) is 0. The lowest BCUT2D eigenvalue weighted by molar-refractivity contribution is 0.102. The van der Waals surface area contributed by atoms with Crippen LogP contribution < -0.4 is 11.1 Å². The Bertz CT molecular complexity index is 824. The Labute approximate surface area is 121 Å². The van der Waals surface area contributed by atoms with E-state index in [1.165, 1.54) is 6.20 Å². The fourth-order valence-electron chi connectivity index (χ4n) is 2.11. The highest BCUT2D eigenvalue weighted by Gasteiger charge is 2.12. The lowest BCUT2D eigenvalue weighted by Gasteiger charge is -2.08. The van der Waals surface area contributed by atoms with Crippen molar-refractivity contribution in [2.24, 2.45) is 0 Å². The first-order chi connectivity index (χ1) is 10.1. The number of carbonyl (C=O) groups is 1. The van der Waals surface area contributed by atoms with Crippen LogP contribution in [-0.4, -0.2) is 15.9 Å². The molecule has 0 saturated carbocycles. The number of rotatable bonds is 2. The Kier molecular flexibility index (Phi) is 3.23. The molecule has 0 aliphatic carbocycles. The molecule has 1 aromatic carbocycles. The molecular formula is C16H14N4O. The summed E-state index contributed by atoms with van der Waals surface area (Å²) in [6.07, 6.45) is 3.15. The van der Waals surface area contributed by atoms with Gasteiger partial charge in [-0.15, -0.1) is 0 Å². The van der Waals surface area contributed by atoms with Gasteiger partial charge in [-0.25, -0.2) is 4.98 Å². The first-order valence-electron chi connectivity index (χ1n) is 6.52. The molecule has 0 fully saturated rings. The summed E-state index contributed by atoms with van der Waals surface area (Å²) in [5.74, 6) is 0.171. The van der Waals surface area contributed by atoms with Gasteiger partial charge in [-0.2, -0.15) is 0 Å². The number of aromatic nitrogens is 2. The monoisotopic (exact) mass is 278 g/mol. The lowest BCUT2D eigenvalue weighted by Crippen LogP contribution is -2.15. The summed E-state index contributed by atoms with van der Waals surface area (Å²) in [6.45, 7) is 1.86. The largest absolute Gasteiger partial charge is 0.397 e. The average Bonchev–Trinajstić information content (AvgIpc) is 2.50. The normalized spacial score (nSPS) is 10.5. The van der Waals surface area contributed by atoms with Crippen LogP contribution in [0.3, 0.4) is 0 Å². The van der Waals surface area contributed by atoms with Gasteiger partial charge in [0.2, 0.25) is 0 Å². The van der Waals surface area contributed by atoms with E-state index in [4.69, 9.17) is 5.73 Å². The highest BCUT2D eigenvalue weighted by Crippen LogP contribution is 2.18. The van der Waals surface area contributed by atoms with E-state index in [2.05, 4.69) is 15.3 Å². The van der Waals surface area contributed by atoms with Crippen molar-refractivity contribution >= 4 is 28.2 Å². The molecule has 0 saturated heterocycles. The molecule has 0 radical (unpaired) electrons. The number of carbonyl (C=O) groups excluding carboxylic acids is 1. The van der Waals surface area contributed by atoms with Gasteiger partial charge >= 0.3 is 0 Å². The van der Waals surface area contributed by atoms with Gasteiger partial charge < -0.3 is 11.1 Å². The lowest BCUT2D eigenvalue weighted by atomic mass is 10.1. The van der Waals surface area contributed by atoms with Crippen LogP contribution in [0.1, 0.15) is 16.1 Å². The first-order valence-corrected chi connectivity index (χ1v) is 6.52. The third-order valence-corrected chi connectivity index (χ3v) is 3.28. The number of amides is 1. The molecule has 2 aromatic heterocycles. The van der Waals surface area contributed by atoms with Crippen LogP contribution in [0.25, 0.3) is 10.8 Å². The summed E-state index contributed by atoms with van der Waals surface area (Å²) in [4.78, 5) is 20.7. The van der Waals surface area contributed by atoms with Crippen molar-refractivity contribution in [2.75, 3.05) is 11.1 Å². The molecule has 104 valence electrons. The Morgan fingerprint density at radius 2 is 2.00 bits per heavy atom. The van der Waals surface area contributed by atoms with E-state index < -0.39 is 0 Å². The number of benzene rings is 1. The Morgan fingerprint density at radius 3 is 2.81 bits per heavy atom. The minimum Gasteiger partial charge on any atom is -0.397 e. The molecule has 3 aromatic rings. The second-order valence-corrected chi connectivity index (χ2v) is 4.76. The van der Waals surface area contributed by atoms with Crippen molar-refractivity contribution in [2.45, 2.75) is 6.92 Å². The number of hydrogen-bond donors (Lipinski definition) is 2. The molecule has 5 heteroatoms. The third-order valence-electron chi connectivity index (χ3n) is 3.28. The SMILES string of the molecule is Cc1cc(NC(=O)c2nccc3ccccc23)ncc1N. The number of nitrogens with two attached hydrogens (primary N) is 1. The summed E-state index contributed by atoms with van der Waals surface area (Å²) in [5, 5.41) is 4.53. The van der Waals surface area contributed by atoms with E-state index in [1.807, 2.05) is 37.3 Å². The third kappa shape index (κ3) is 2.53. The second kappa shape index (κ2) is 5.20. The molecule has 0 spiro atoms. The van der Waals surface area contributed by atoms with Crippen LogP contribution in [0.4, 0.5) is 11.5 Å². The van der Waals surface area contributed by atoms with Crippen molar-refractivity contribution in [1.29, 1.82) is 0 Å². The number of nitrogens with one attached hydrogen (secondary N) is 1. The number of aryl methyl sites for hydroxylation is 1. The summed E-state index contributed by atoms with van der Waals surface area (Å²) < 4.78 is 0.